The molecule has 11 heavy (non-hydrogen) atoms. The van der Waals surface area contributed by atoms with Crippen molar-refractivity contribution >= 4 is 11.7 Å². The second kappa shape index (κ2) is 5.63. The molecule has 0 N–H and O–H groups in total. The molecule has 0 radical (unpaired) electrons. The molecule has 2 heteroatoms. The van der Waals surface area contributed by atoms with Crippen LogP contribution in [-0.2, 0) is 0 Å². The molecule has 0 aliphatic rings. The first-order valence-corrected chi connectivity index (χ1v) is 3.61. The molecule has 0 aliphatic heterocycles. The molecule has 0 rings (SSSR count). The number of rotatable bonds is 2. The molecular weight excluding hydrogens is 136 g/mol. The van der Waals surface area contributed by atoms with E-state index in [-0.39, 0.29) is 0 Å². The molecule has 0 aliphatic carbocycles. The van der Waals surface area contributed by atoms with E-state index in [0.717, 1.165) is 17.8 Å². The molecule has 0 aromatic heterocycles. The third kappa shape index (κ3) is 5.31. The quantitative estimate of drug-likeness (QED) is 0.327. The first-order valence-electron chi connectivity index (χ1n) is 3.61. The van der Waals surface area contributed by atoms with Gasteiger partial charge in [-0.15, -0.1) is 0 Å². The zero-order valence-corrected chi connectivity index (χ0v) is 7.39. The lowest BCUT2D eigenvalue weighted by Crippen LogP contribution is -1.88. The normalized spacial score (nSPS) is 10.3. The van der Waals surface area contributed by atoms with Gasteiger partial charge >= 0.3 is 0 Å². The van der Waals surface area contributed by atoms with Crippen molar-refractivity contribution in [3.8, 4) is 0 Å². The number of aliphatic imine (C=N–C) groups is 2. The second-order valence-electron chi connectivity index (χ2n) is 2.22. The molecule has 0 aromatic rings. The standard InChI is InChI=1S/C9H14N2/c1-5-9(10-4)11-7-6-8(2)3/h6H,2,5H2,1,3-4H3. The van der Waals surface area contributed by atoms with E-state index in [0.29, 0.717) is 0 Å². The van der Waals surface area contributed by atoms with Crippen molar-refractivity contribution in [2.45, 2.75) is 20.3 Å². The number of hydrogen-bond donors (Lipinski definition) is 0. The molecule has 0 bridgehead atoms. The van der Waals surface area contributed by atoms with E-state index >= 15 is 0 Å². The van der Waals surface area contributed by atoms with Crippen molar-refractivity contribution in [3.63, 3.8) is 0 Å². The van der Waals surface area contributed by atoms with Gasteiger partial charge in [0.05, 0.1) is 0 Å². The monoisotopic (exact) mass is 150 g/mol. The van der Waals surface area contributed by atoms with Crippen LogP contribution in [0.3, 0.4) is 0 Å². The van der Waals surface area contributed by atoms with E-state index in [4.69, 9.17) is 0 Å². The Balaban J connectivity index is 4.22. The highest BCUT2D eigenvalue weighted by Crippen LogP contribution is 1.86. The average molecular weight is 150 g/mol. The van der Waals surface area contributed by atoms with Crippen molar-refractivity contribution < 1.29 is 0 Å². The smallest absolute Gasteiger partial charge is 0.132 e. The first kappa shape index (κ1) is 9.86. The van der Waals surface area contributed by atoms with Gasteiger partial charge in [0.25, 0.3) is 0 Å². The molecule has 0 saturated heterocycles. The summed E-state index contributed by atoms with van der Waals surface area (Å²) in [6.45, 7) is 7.59. The van der Waals surface area contributed by atoms with Crippen molar-refractivity contribution in [2.75, 3.05) is 7.05 Å². The SMILES string of the molecule is C=C(C)C=C=NC(CC)=NC. The van der Waals surface area contributed by atoms with Gasteiger partial charge in [0.1, 0.15) is 5.84 Å². The van der Waals surface area contributed by atoms with Crippen LogP contribution in [0.15, 0.2) is 28.2 Å². The van der Waals surface area contributed by atoms with E-state index in [1.165, 1.54) is 0 Å². The Bertz CT molecular complexity index is 218. The van der Waals surface area contributed by atoms with Crippen molar-refractivity contribution in [1.82, 2.24) is 0 Å². The van der Waals surface area contributed by atoms with Crippen molar-refractivity contribution in [2.24, 2.45) is 9.98 Å². The van der Waals surface area contributed by atoms with E-state index in [1.807, 2.05) is 13.8 Å². The van der Waals surface area contributed by atoms with Crippen LogP contribution in [0.2, 0.25) is 0 Å². The first-order chi connectivity index (χ1) is 5.20. The Kier molecular flexibility index (Phi) is 5.05. The van der Waals surface area contributed by atoms with Gasteiger partial charge in [-0.05, 0) is 18.4 Å². The minimum atomic E-state index is 0.808. The minimum absolute atomic E-state index is 0.808. The Labute approximate surface area is 68.1 Å². The van der Waals surface area contributed by atoms with Gasteiger partial charge in [0, 0.05) is 19.5 Å². The number of allylic oxidation sites excluding steroid dienone is 2. The largest absolute Gasteiger partial charge is 0.273 e. The Morgan fingerprint density at radius 2 is 2.27 bits per heavy atom. The lowest BCUT2D eigenvalue weighted by molar-refractivity contribution is 1.22. The van der Waals surface area contributed by atoms with Crippen LogP contribution in [0.25, 0.3) is 0 Å². The Hall–Kier alpha value is -1.14. The molecule has 0 fully saturated rings. The van der Waals surface area contributed by atoms with Crippen LogP contribution in [0, 0.1) is 0 Å². The maximum Gasteiger partial charge on any atom is 0.132 e. The highest BCUT2D eigenvalue weighted by atomic mass is 14.9. The minimum Gasteiger partial charge on any atom is -0.273 e. The van der Waals surface area contributed by atoms with Gasteiger partial charge in [-0.2, -0.15) is 4.99 Å². The highest BCUT2D eigenvalue weighted by molar-refractivity contribution is 5.88. The molecule has 2 nitrogen and oxygen atoms in total. The summed E-state index contributed by atoms with van der Waals surface area (Å²) in [5, 5.41) is 0. The molecular formula is C9H14N2. The molecule has 0 unspecified atom stereocenters. The fraction of sp³-hybridized carbons (Fsp3) is 0.444. The van der Waals surface area contributed by atoms with Crippen LogP contribution in [0.4, 0.5) is 0 Å². The summed E-state index contributed by atoms with van der Waals surface area (Å²) in [4.78, 5) is 7.93. The second-order valence-corrected chi connectivity index (χ2v) is 2.22. The summed E-state index contributed by atoms with van der Waals surface area (Å²) in [6, 6.07) is 0. The van der Waals surface area contributed by atoms with E-state index in [9.17, 15) is 0 Å². The van der Waals surface area contributed by atoms with Gasteiger partial charge in [0.15, 0.2) is 0 Å². The molecule has 0 aromatic carbocycles. The van der Waals surface area contributed by atoms with Gasteiger partial charge in [0.2, 0.25) is 0 Å². The molecule has 0 heterocycles. The van der Waals surface area contributed by atoms with Gasteiger partial charge < -0.3 is 0 Å². The van der Waals surface area contributed by atoms with Crippen LogP contribution < -0.4 is 0 Å². The third-order valence-corrected chi connectivity index (χ3v) is 1.08. The summed E-state index contributed by atoms with van der Waals surface area (Å²) in [5.41, 5.74) is 0.945. The van der Waals surface area contributed by atoms with E-state index in [1.54, 1.807) is 13.1 Å². The van der Waals surface area contributed by atoms with Crippen LogP contribution in [0.1, 0.15) is 20.3 Å². The number of amidine groups is 1. The summed E-state index contributed by atoms with van der Waals surface area (Å²) < 4.78 is 0. The molecule has 0 spiro atoms. The third-order valence-electron chi connectivity index (χ3n) is 1.08. The topological polar surface area (TPSA) is 24.7 Å². The van der Waals surface area contributed by atoms with Crippen LogP contribution >= 0.6 is 0 Å². The van der Waals surface area contributed by atoms with Gasteiger partial charge in [-0.3, -0.25) is 4.99 Å². The number of nitrogens with zero attached hydrogens (tertiary/aromatic N) is 2. The maximum absolute atomic E-state index is 3.98. The van der Waals surface area contributed by atoms with Gasteiger partial charge in [-0.1, -0.05) is 13.5 Å². The highest BCUT2D eigenvalue weighted by Gasteiger charge is 1.84. The fourth-order valence-corrected chi connectivity index (χ4v) is 0.504. The van der Waals surface area contributed by atoms with Crippen molar-refractivity contribution in [1.29, 1.82) is 0 Å². The fourth-order valence-electron chi connectivity index (χ4n) is 0.504. The summed E-state index contributed by atoms with van der Waals surface area (Å²) in [6.07, 6.45) is 2.58. The predicted molar refractivity (Wildman–Crippen MR) is 50.5 cm³/mol. The molecule has 60 valence electrons. The summed E-state index contributed by atoms with van der Waals surface area (Å²) >= 11 is 0. The van der Waals surface area contributed by atoms with E-state index < -0.39 is 0 Å². The Morgan fingerprint density at radius 3 is 2.64 bits per heavy atom. The predicted octanol–water partition coefficient (Wildman–Crippen LogP) is 2.23. The summed E-state index contributed by atoms with van der Waals surface area (Å²) in [7, 11) is 1.73. The zero-order chi connectivity index (χ0) is 8.69. The van der Waals surface area contributed by atoms with E-state index in [2.05, 4.69) is 22.4 Å². The van der Waals surface area contributed by atoms with Crippen LogP contribution in [-0.4, -0.2) is 18.8 Å². The molecule has 0 saturated carbocycles. The zero-order valence-electron chi connectivity index (χ0n) is 7.39. The van der Waals surface area contributed by atoms with Crippen LogP contribution in [0.5, 0.6) is 0 Å². The van der Waals surface area contributed by atoms with Crippen molar-refractivity contribution in [3.05, 3.63) is 18.2 Å². The molecule has 0 atom stereocenters. The summed E-state index contributed by atoms with van der Waals surface area (Å²) in [5.74, 6) is 3.56. The lowest BCUT2D eigenvalue weighted by Gasteiger charge is -1.87. The number of hydrogen-bond acceptors (Lipinski definition) is 1. The average Bonchev–Trinajstić information content (AvgIpc) is 1.98. The maximum atomic E-state index is 3.98. The molecule has 0 amide bonds. The Morgan fingerprint density at radius 1 is 1.64 bits per heavy atom. The lowest BCUT2D eigenvalue weighted by atomic mass is 10.3. The van der Waals surface area contributed by atoms with Gasteiger partial charge in [-0.25, -0.2) is 0 Å².